The average Bonchev–Trinajstić information content (AvgIpc) is 3.62. The monoisotopic (exact) mass is 526 g/mol. The second-order valence-electron chi connectivity index (χ2n) is 11.7. The Morgan fingerprint density at radius 3 is 2.78 bits per heavy atom. The fourth-order valence-electron chi connectivity index (χ4n) is 8.00. The molecule has 1 spiro atoms. The molecule has 5 aliphatic rings. The van der Waals surface area contributed by atoms with Crippen LogP contribution in [0.2, 0.25) is 10.0 Å². The third kappa shape index (κ3) is 3.35. The number of carbonyl (C=O) groups excluding carboxylic acids is 1. The minimum Gasteiger partial charge on any atom is -0.508 e. The second kappa shape index (κ2) is 8.28. The number of ether oxygens (including phenoxy) is 1. The van der Waals surface area contributed by atoms with E-state index in [2.05, 4.69) is 4.90 Å². The van der Waals surface area contributed by atoms with E-state index >= 15 is 0 Å². The van der Waals surface area contributed by atoms with Gasteiger partial charge >= 0.3 is 0 Å². The highest BCUT2D eigenvalue weighted by molar-refractivity contribution is 6.42. The molecule has 2 aromatic rings. The molecule has 5 nitrogen and oxygen atoms in total. The molecule has 0 radical (unpaired) electrons. The van der Waals surface area contributed by atoms with Gasteiger partial charge in [-0.1, -0.05) is 29.3 Å². The number of amides is 1. The molecular weight excluding hydrogens is 495 g/mol. The Kier molecular flexibility index (Phi) is 5.33. The van der Waals surface area contributed by atoms with Crippen LogP contribution < -0.4 is 4.74 Å². The first-order chi connectivity index (χ1) is 17.4. The lowest BCUT2D eigenvalue weighted by molar-refractivity contribution is -0.139. The maximum atomic E-state index is 13.5. The third-order valence-electron chi connectivity index (χ3n) is 9.84. The molecule has 7 rings (SSSR count). The zero-order valence-corrected chi connectivity index (χ0v) is 22.1. The van der Waals surface area contributed by atoms with Crippen molar-refractivity contribution in [1.29, 1.82) is 0 Å². The molecule has 5 atom stereocenters. The van der Waals surface area contributed by atoms with Crippen LogP contribution in [0.5, 0.6) is 11.5 Å². The summed E-state index contributed by atoms with van der Waals surface area (Å²) in [6, 6.07) is 9.58. The van der Waals surface area contributed by atoms with Crippen molar-refractivity contribution in [3.8, 4) is 11.5 Å². The van der Waals surface area contributed by atoms with E-state index in [-0.39, 0.29) is 29.9 Å². The van der Waals surface area contributed by atoms with Gasteiger partial charge in [-0.15, -0.1) is 0 Å². The third-order valence-corrected chi connectivity index (χ3v) is 10.6. The molecule has 3 aliphatic carbocycles. The van der Waals surface area contributed by atoms with Gasteiger partial charge in [-0.05, 0) is 86.7 Å². The Morgan fingerprint density at radius 2 is 2.00 bits per heavy atom. The van der Waals surface area contributed by atoms with Crippen molar-refractivity contribution in [3.63, 3.8) is 0 Å². The topological polar surface area (TPSA) is 53.0 Å². The highest BCUT2D eigenvalue weighted by Crippen LogP contribution is 2.64. The number of hydrogen-bond donors (Lipinski definition) is 1. The molecular formula is C29H32Cl2N2O3. The SMILES string of the molecule is CN(C(=O)Cc1ccc(Cl)c(Cl)c1)[C@H]1CC[C@H]2[C@H]3Cc4c(O)ccc5c4[C@@]2(CCN3CC2CC2)[C@H]1O5. The van der Waals surface area contributed by atoms with Crippen LogP contribution in [0.25, 0.3) is 0 Å². The molecule has 1 saturated heterocycles. The molecule has 2 aliphatic heterocycles. The maximum absolute atomic E-state index is 13.5. The first-order valence-electron chi connectivity index (χ1n) is 13.3. The molecule has 1 N–H and O–H groups in total. The maximum Gasteiger partial charge on any atom is 0.227 e. The van der Waals surface area contributed by atoms with Gasteiger partial charge in [-0.25, -0.2) is 0 Å². The Bertz CT molecular complexity index is 1250. The van der Waals surface area contributed by atoms with E-state index in [4.69, 9.17) is 27.9 Å². The number of phenolic OH excluding ortho intramolecular Hbond substituents is 1. The van der Waals surface area contributed by atoms with Crippen LogP contribution in [0.15, 0.2) is 30.3 Å². The minimum atomic E-state index is -0.132. The van der Waals surface area contributed by atoms with Gasteiger partial charge in [0.15, 0.2) is 0 Å². The summed E-state index contributed by atoms with van der Waals surface area (Å²) in [6.07, 6.45) is 6.85. The number of carbonyl (C=O) groups is 1. The van der Waals surface area contributed by atoms with Crippen molar-refractivity contribution in [2.24, 2.45) is 11.8 Å². The van der Waals surface area contributed by atoms with Crippen LogP contribution in [-0.4, -0.2) is 59.1 Å². The van der Waals surface area contributed by atoms with Crippen molar-refractivity contribution >= 4 is 29.1 Å². The summed E-state index contributed by atoms with van der Waals surface area (Å²) >= 11 is 12.3. The summed E-state index contributed by atoms with van der Waals surface area (Å²) in [5.74, 6) is 2.73. The van der Waals surface area contributed by atoms with E-state index in [1.165, 1.54) is 24.9 Å². The lowest BCUT2D eigenvalue weighted by Gasteiger charge is -2.60. The van der Waals surface area contributed by atoms with Gasteiger partial charge in [0.1, 0.15) is 17.6 Å². The van der Waals surface area contributed by atoms with Crippen LogP contribution >= 0.6 is 23.2 Å². The number of aromatic hydroxyl groups is 1. The van der Waals surface area contributed by atoms with Gasteiger partial charge in [0.2, 0.25) is 5.91 Å². The van der Waals surface area contributed by atoms with Crippen molar-refractivity contribution in [1.82, 2.24) is 9.80 Å². The molecule has 36 heavy (non-hydrogen) atoms. The summed E-state index contributed by atoms with van der Waals surface area (Å²) in [6.45, 7) is 2.25. The zero-order valence-electron chi connectivity index (χ0n) is 20.6. The number of hydrogen-bond acceptors (Lipinski definition) is 4. The number of rotatable bonds is 5. The highest BCUT2D eigenvalue weighted by atomic mass is 35.5. The highest BCUT2D eigenvalue weighted by Gasteiger charge is 2.66. The van der Waals surface area contributed by atoms with Gasteiger partial charge in [0, 0.05) is 36.2 Å². The van der Waals surface area contributed by atoms with Crippen molar-refractivity contribution in [3.05, 3.63) is 57.1 Å². The lowest BCUT2D eigenvalue weighted by atomic mass is 9.51. The van der Waals surface area contributed by atoms with Crippen LogP contribution in [0.4, 0.5) is 0 Å². The number of halogens is 2. The van der Waals surface area contributed by atoms with E-state index in [1.54, 1.807) is 18.2 Å². The van der Waals surface area contributed by atoms with Crippen molar-refractivity contribution in [2.45, 2.75) is 68.5 Å². The smallest absolute Gasteiger partial charge is 0.227 e. The largest absolute Gasteiger partial charge is 0.508 e. The van der Waals surface area contributed by atoms with Gasteiger partial charge in [-0.2, -0.15) is 0 Å². The summed E-state index contributed by atoms with van der Waals surface area (Å²) in [5.41, 5.74) is 3.06. The van der Waals surface area contributed by atoms with Gasteiger partial charge < -0.3 is 14.7 Å². The molecule has 1 amide bonds. The normalized spacial score (nSPS) is 32.1. The first kappa shape index (κ1) is 23.2. The van der Waals surface area contributed by atoms with Crippen LogP contribution in [0.1, 0.15) is 48.8 Å². The molecule has 2 aromatic carbocycles. The van der Waals surface area contributed by atoms with E-state index in [0.29, 0.717) is 27.8 Å². The van der Waals surface area contributed by atoms with Gasteiger partial charge in [0.05, 0.1) is 22.5 Å². The fourth-order valence-corrected chi connectivity index (χ4v) is 8.32. The number of likely N-dealkylation sites (tertiary alicyclic amines) is 1. The molecule has 0 unspecified atom stereocenters. The van der Waals surface area contributed by atoms with Gasteiger partial charge in [-0.3, -0.25) is 9.69 Å². The zero-order chi connectivity index (χ0) is 24.8. The molecule has 7 heteroatoms. The first-order valence-corrected chi connectivity index (χ1v) is 14.1. The number of benzene rings is 2. The van der Waals surface area contributed by atoms with Gasteiger partial charge in [0.25, 0.3) is 0 Å². The fraction of sp³-hybridized carbons (Fsp3) is 0.552. The second-order valence-corrected chi connectivity index (χ2v) is 12.5. The average molecular weight is 527 g/mol. The van der Waals surface area contributed by atoms with Crippen molar-refractivity contribution < 1.29 is 14.6 Å². The Balaban J connectivity index is 1.22. The van der Waals surface area contributed by atoms with E-state index in [9.17, 15) is 9.90 Å². The summed E-state index contributed by atoms with van der Waals surface area (Å²) in [5, 5.41) is 11.9. The lowest BCUT2D eigenvalue weighted by Crippen LogP contribution is -2.69. The van der Waals surface area contributed by atoms with E-state index in [0.717, 1.165) is 55.0 Å². The van der Waals surface area contributed by atoms with Crippen LogP contribution in [0.3, 0.4) is 0 Å². The summed E-state index contributed by atoms with van der Waals surface area (Å²) in [4.78, 5) is 18.1. The van der Waals surface area contributed by atoms with Crippen LogP contribution in [0, 0.1) is 11.8 Å². The molecule has 2 heterocycles. The predicted molar refractivity (Wildman–Crippen MR) is 140 cm³/mol. The minimum absolute atomic E-state index is 0.00681. The van der Waals surface area contributed by atoms with Crippen molar-refractivity contribution in [2.75, 3.05) is 20.1 Å². The standard InChI is InChI=1S/C29H32Cl2N2O3/c1-32(26(35)13-17-4-6-20(30)21(31)12-17)22-7-5-19-23-14-18-24(34)8-9-25-27(18)29(19,28(22)36-25)10-11-33(23)15-16-2-3-16/h4,6,8-9,12,16,19,22-23,28,34H,2-3,5,7,10-11,13-15H2,1H3/t19-,22-,23+,28-,29-/m0/s1. The Hall–Kier alpha value is -1.95. The number of likely N-dealkylation sites (N-methyl/N-ethyl adjacent to an activating group) is 1. The molecule has 2 bridgehead atoms. The number of piperidine rings is 1. The molecule has 3 fully saturated rings. The van der Waals surface area contributed by atoms with E-state index < -0.39 is 0 Å². The molecule has 190 valence electrons. The summed E-state index contributed by atoms with van der Waals surface area (Å²) in [7, 11) is 1.93. The molecule has 0 aromatic heterocycles. The molecule has 2 saturated carbocycles. The number of phenols is 1. The Morgan fingerprint density at radius 1 is 1.17 bits per heavy atom. The predicted octanol–water partition coefficient (Wildman–Crippen LogP) is 5.22. The van der Waals surface area contributed by atoms with Crippen LogP contribution in [-0.2, 0) is 23.1 Å². The number of nitrogens with zero attached hydrogens (tertiary/aromatic N) is 2. The Labute approximate surface area is 222 Å². The summed E-state index contributed by atoms with van der Waals surface area (Å²) < 4.78 is 6.77. The quantitative estimate of drug-likeness (QED) is 0.580. The van der Waals surface area contributed by atoms with E-state index in [1.807, 2.05) is 24.1 Å².